The van der Waals surface area contributed by atoms with Crippen molar-refractivity contribution in [1.29, 1.82) is 0 Å². The van der Waals surface area contributed by atoms with Crippen LogP contribution < -0.4 is 14.8 Å². The normalized spacial score (nSPS) is 12.2. The van der Waals surface area contributed by atoms with E-state index < -0.39 is 0 Å². The van der Waals surface area contributed by atoms with Gasteiger partial charge in [-0.1, -0.05) is 59.9 Å². The highest BCUT2D eigenvalue weighted by atomic mass is 32.1. The van der Waals surface area contributed by atoms with E-state index in [1.807, 2.05) is 54.6 Å². The highest BCUT2D eigenvalue weighted by molar-refractivity contribution is 7.15. The summed E-state index contributed by atoms with van der Waals surface area (Å²) in [7, 11) is 0. The average molecular weight is 463 g/mol. The summed E-state index contributed by atoms with van der Waals surface area (Å²) in [5.74, 6) is 0.797. The van der Waals surface area contributed by atoms with Gasteiger partial charge in [0.25, 0.3) is 5.56 Å². The van der Waals surface area contributed by atoms with Crippen molar-refractivity contribution >= 4 is 44.2 Å². The maximum atomic E-state index is 13.1. The summed E-state index contributed by atoms with van der Waals surface area (Å²) < 4.78 is 8.38. The molecule has 0 bridgehead atoms. The fourth-order valence-corrected chi connectivity index (χ4v) is 5.21. The number of aromatic nitrogens is 2. The number of aryl methyl sites for hydroxylation is 2. The number of nitrogens with zero attached hydrogens (tertiary/aromatic N) is 2. The van der Waals surface area contributed by atoms with Crippen LogP contribution in [0, 0.1) is 13.8 Å². The average Bonchev–Trinajstić information content (AvgIpc) is 3.34. The van der Waals surface area contributed by atoms with Crippen molar-refractivity contribution in [2.24, 2.45) is 0 Å². The summed E-state index contributed by atoms with van der Waals surface area (Å²) in [6.45, 7) is 4.63. The van der Waals surface area contributed by atoms with Crippen LogP contribution in [0.4, 0.5) is 0 Å². The molecule has 6 rings (SSSR count). The minimum atomic E-state index is -0.0256. The first-order valence-electron chi connectivity index (χ1n) is 11.2. The van der Waals surface area contributed by atoms with E-state index in [2.05, 4.69) is 49.2 Å². The van der Waals surface area contributed by atoms with Gasteiger partial charge >= 0.3 is 0 Å². The summed E-state index contributed by atoms with van der Waals surface area (Å²) >= 11 is 1.42. The molecule has 0 fully saturated rings. The third-order valence-electron chi connectivity index (χ3n) is 6.25. The van der Waals surface area contributed by atoms with Gasteiger partial charge in [0.1, 0.15) is 12.4 Å². The second kappa shape index (κ2) is 8.12. The molecule has 4 nitrogen and oxygen atoms in total. The van der Waals surface area contributed by atoms with Crippen LogP contribution in [0.2, 0.25) is 0 Å². The first kappa shape index (κ1) is 20.6. The Kier molecular flexibility index (Phi) is 4.93. The molecule has 4 aromatic carbocycles. The topological polar surface area (TPSA) is 43.6 Å². The number of hydrogen-bond acceptors (Lipinski definition) is 4. The quantitative estimate of drug-likeness (QED) is 0.332. The lowest BCUT2D eigenvalue weighted by Crippen LogP contribution is -2.22. The zero-order valence-corrected chi connectivity index (χ0v) is 19.7. The monoisotopic (exact) mass is 462 g/mol. The van der Waals surface area contributed by atoms with E-state index >= 15 is 0 Å². The molecule has 0 saturated carbocycles. The molecule has 2 heterocycles. The maximum absolute atomic E-state index is 13.1. The van der Waals surface area contributed by atoms with Gasteiger partial charge in [0, 0.05) is 0 Å². The van der Waals surface area contributed by atoms with E-state index in [0.717, 1.165) is 38.4 Å². The molecular weight excluding hydrogens is 440 g/mol. The fraction of sp³-hybridized carbons (Fsp3) is 0.103. The van der Waals surface area contributed by atoms with E-state index in [1.165, 1.54) is 27.7 Å². The van der Waals surface area contributed by atoms with Crippen LogP contribution in [0.15, 0.2) is 83.7 Å². The van der Waals surface area contributed by atoms with Gasteiger partial charge in [0.05, 0.1) is 15.6 Å². The number of fused-ring (bicyclic) bond motifs is 4. The van der Waals surface area contributed by atoms with Crippen molar-refractivity contribution < 1.29 is 4.74 Å². The van der Waals surface area contributed by atoms with E-state index in [9.17, 15) is 4.79 Å². The van der Waals surface area contributed by atoms with Crippen LogP contribution in [-0.4, -0.2) is 9.38 Å². The summed E-state index contributed by atoms with van der Waals surface area (Å²) in [5, 5.41) is 2.44. The molecule has 0 atom stereocenters. The van der Waals surface area contributed by atoms with E-state index in [4.69, 9.17) is 4.74 Å². The van der Waals surface area contributed by atoms with Gasteiger partial charge in [-0.25, -0.2) is 9.38 Å². The molecule has 2 aromatic heterocycles. The Hall–Kier alpha value is -3.96. The van der Waals surface area contributed by atoms with Crippen molar-refractivity contribution in [3.8, 4) is 5.75 Å². The van der Waals surface area contributed by atoms with E-state index in [0.29, 0.717) is 11.1 Å². The molecule has 0 radical (unpaired) electrons. The summed E-state index contributed by atoms with van der Waals surface area (Å²) in [6.07, 6.45) is 1.92. The van der Waals surface area contributed by atoms with Gasteiger partial charge in [0.2, 0.25) is 0 Å². The van der Waals surface area contributed by atoms with Crippen molar-refractivity contribution in [2.75, 3.05) is 0 Å². The molecule has 6 aromatic rings. The largest absolute Gasteiger partial charge is 0.489 e. The first-order valence-corrected chi connectivity index (χ1v) is 12.0. The summed E-state index contributed by atoms with van der Waals surface area (Å²) in [6, 6.07) is 26.6. The minimum Gasteiger partial charge on any atom is -0.489 e. The van der Waals surface area contributed by atoms with Gasteiger partial charge < -0.3 is 4.74 Å². The van der Waals surface area contributed by atoms with Crippen LogP contribution in [0.5, 0.6) is 5.75 Å². The molecule has 0 aliphatic carbocycles. The Balaban J connectivity index is 1.25. The fourth-order valence-electron chi connectivity index (χ4n) is 4.23. The predicted octanol–water partition coefficient (Wildman–Crippen LogP) is 5.81. The standard InChI is InChI=1S/C29H22N2O2S/c1-18-13-25-26(14-19(18)2)31-28(32)27(34-29(31)30-25)16-20-8-11-24(12-9-20)33-17-21-7-10-22-5-3-4-6-23(22)15-21/h3-16H,17H2,1-2H3/b27-16-. The smallest absolute Gasteiger partial charge is 0.274 e. The van der Waals surface area contributed by atoms with Gasteiger partial charge in [-0.2, -0.15) is 0 Å². The molecule has 0 amide bonds. The molecular formula is C29H22N2O2S. The highest BCUT2D eigenvalue weighted by Crippen LogP contribution is 2.21. The number of thiazole rings is 1. The van der Waals surface area contributed by atoms with Crippen LogP contribution in [0.3, 0.4) is 0 Å². The first-order chi connectivity index (χ1) is 16.5. The van der Waals surface area contributed by atoms with E-state index in [1.54, 1.807) is 4.40 Å². The molecule has 0 aliphatic rings. The van der Waals surface area contributed by atoms with Gasteiger partial charge in [-0.3, -0.25) is 4.79 Å². The predicted molar refractivity (Wildman–Crippen MR) is 140 cm³/mol. The Morgan fingerprint density at radius 3 is 2.50 bits per heavy atom. The van der Waals surface area contributed by atoms with E-state index in [-0.39, 0.29) is 5.56 Å². The third-order valence-corrected chi connectivity index (χ3v) is 7.22. The second-order valence-electron chi connectivity index (χ2n) is 8.61. The Morgan fingerprint density at radius 2 is 1.68 bits per heavy atom. The lowest BCUT2D eigenvalue weighted by molar-refractivity contribution is 0.306. The van der Waals surface area contributed by atoms with Crippen molar-refractivity contribution in [3.05, 3.63) is 116 Å². The van der Waals surface area contributed by atoms with Gasteiger partial charge in [-0.05, 0) is 83.3 Å². The number of imidazole rings is 1. The Bertz CT molecular complexity index is 1800. The Morgan fingerprint density at radius 1 is 0.912 bits per heavy atom. The molecule has 166 valence electrons. The molecule has 5 heteroatoms. The molecule has 34 heavy (non-hydrogen) atoms. The second-order valence-corrected chi connectivity index (χ2v) is 9.62. The molecule has 0 unspecified atom stereocenters. The number of ether oxygens (including phenoxy) is 1. The molecule has 0 N–H and O–H groups in total. The van der Waals surface area contributed by atoms with Crippen LogP contribution in [-0.2, 0) is 6.61 Å². The minimum absolute atomic E-state index is 0.0256. The third kappa shape index (κ3) is 3.64. The zero-order chi connectivity index (χ0) is 23.2. The lowest BCUT2D eigenvalue weighted by atomic mass is 10.1. The van der Waals surface area contributed by atoms with Crippen LogP contribution in [0.1, 0.15) is 22.3 Å². The zero-order valence-electron chi connectivity index (χ0n) is 18.9. The van der Waals surface area contributed by atoms with Crippen molar-refractivity contribution in [3.63, 3.8) is 0 Å². The van der Waals surface area contributed by atoms with Crippen molar-refractivity contribution in [2.45, 2.75) is 20.5 Å². The number of rotatable bonds is 4. The maximum Gasteiger partial charge on any atom is 0.274 e. The van der Waals surface area contributed by atoms with Gasteiger partial charge in [-0.15, -0.1) is 0 Å². The van der Waals surface area contributed by atoms with Crippen molar-refractivity contribution in [1.82, 2.24) is 9.38 Å². The van der Waals surface area contributed by atoms with Crippen LogP contribution >= 0.6 is 11.3 Å². The number of hydrogen-bond donors (Lipinski definition) is 0. The van der Waals surface area contributed by atoms with Crippen LogP contribution in [0.25, 0.3) is 32.8 Å². The molecule has 0 spiro atoms. The van der Waals surface area contributed by atoms with Gasteiger partial charge in [0.15, 0.2) is 4.96 Å². The molecule has 0 aliphatic heterocycles. The summed E-state index contributed by atoms with van der Waals surface area (Å²) in [4.78, 5) is 18.5. The molecule has 0 saturated heterocycles. The summed E-state index contributed by atoms with van der Waals surface area (Å²) in [5.41, 5.74) is 6.13. The highest BCUT2D eigenvalue weighted by Gasteiger charge is 2.12. The SMILES string of the molecule is Cc1cc2nc3s/c(=C\c4ccc(OCc5ccc6ccccc6c5)cc4)c(=O)n3c2cc1C. The number of benzene rings is 4. The lowest BCUT2D eigenvalue weighted by Gasteiger charge is -2.07. The Labute approximate surface area is 200 Å².